The Bertz CT molecular complexity index is 445. The van der Waals surface area contributed by atoms with E-state index < -0.39 is 46.2 Å². The summed E-state index contributed by atoms with van der Waals surface area (Å²) in [6.45, 7) is -4.73. The first kappa shape index (κ1) is 18.4. The average Bonchev–Trinajstić information content (AvgIpc) is 2.09. The molecule has 0 unspecified atom stereocenters. The molecule has 0 aliphatic rings. The summed E-state index contributed by atoms with van der Waals surface area (Å²) in [4.78, 5) is 0. The maximum Gasteiger partial charge on any atom is 0.413 e. The average molecular weight is 341 g/mol. The molecule has 0 saturated heterocycles. The molecule has 0 bridgehead atoms. The van der Waals surface area contributed by atoms with Crippen molar-refractivity contribution < 1.29 is 51.5 Å². The lowest BCUT2D eigenvalue weighted by Gasteiger charge is -2.10. The van der Waals surface area contributed by atoms with Crippen LogP contribution in [0.1, 0.15) is 0 Å². The molecule has 0 atom stereocenters. The van der Waals surface area contributed by atoms with Crippen LogP contribution < -0.4 is 4.13 Å². The summed E-state index contributed by atoms with van der Waals surface area (Å²) >= 11 is 0. The molecule has 1 N–H and O–H groups in total. The molecule has 0 radical (unpaired) electrons. The molecular weight excluding hydrogens is 336 g/mol. The van der Waals surface area contributed by atoms with E-state index in [4.69, 9.17) is 0 Å². The molecule has 0 aliphatic carbocycles. The van der Waals surface area contributed by atoms with Crippen molar-refractivity contribution in [2.24, 2.45) is 0 Å². The van der Waals surface area contributed by atoms with E-state index in [-0.39, 0.29) is 0 Å². The van der Waals surface area contributed by atoms with Gasteiger partial charge in [0.05, 0.1) is 0 Å². The highest BCUT2D eigenvalue weighted by Crippen LogP contribution is 2.17. The van der Waals surface area contributed by atoms with Crippen LogP contribution in [-0.4, -0.2) is 42.4 Å². The van der Waals surface area contributed by atoms with Gasteiger partial charge in [-0.1, -0.05) is 4.13 Å². The largest absolute Gasteiger partial charge is 0.413 e. The van der Waals surface area contributed by atoms with Gasteiger partial charge in [0.15, 0.2) is 13.2 Å². The predicted molar refractivity (Wildman–Crippen MR) is 45.0 cm³/mol. The summed E-state index contributed by atoms with van der Waals surface area (Å²) < 4.78 is 119. The third-order valence-corrected chi connectivity index (χ3v) is 3.45. The molecule has 116 valence electrons. The second-order valence-electron chi connectivity index (χ2n) is 2.75. The maximum absolute atomic E-state index is 11.6. The van der Waals surface area contributed by atoms with Crippen molar-refractivity contribution >= 4 is 20.6 Å². The van der Waals surface area contributed by atoms with Crippen LogP contribution in [-0.2, 0) is 29.0 Å². The Labute approximate surface area is 103 Å². The van der Waals surface area contributed by atoms with Gasteiger partial charge in [0.1, 0.15) is 0 Å². The number of nitrogens with one attached hydrogen (secondary N) is 1. The van der Waals surface area contributed by atoms with Gasteiger partial charge in [-0.25, -0.2) is 8.37 Å². The van der Waals surface area contributed by atoms with E-state index in [1.165, 1.54) is 0 Å². The summed E-state index contributed by atoms with van der Waals surface area (Å²) in [5.74, 6) is 0. The van der Waals surface area contributed by atoms with E-state index in [2.05, 4.69) is 8.37 Å². The Hall–Kier alpha value is -0.640. The lowest BCUT2D eigenvalue weighted by atomic mass is 10.7. The van der Waals surface area contributed by atoms with Gasteiger partial charge in [-0.05, 0) is 0 Å². The Morgan fingerprint density at radius 2 is 1.00 bits per heavy atom. The minimum absolute atomic E-state index is 0.378. The van der Waals surface area contributed by atoms with Crippen LogP contribution in [0.3, 0.4) is 0 Å². The molecule has 19 heavy (non-hydrogen) atoms. The third kappa shape index (κ3) is 10.9. The molecule has 0 aromatic rings. The first-order chi connectivity index (χ1) is 8.12. The van der Waals surface area contributed by atoms with E-state index in [1.807, 2.05) is 0 Å². The standard InChI is InChI=1S/C4H5F6NO6S2/c5-3(6,7)1-16-18(12,13)11-19(14,15)17-2-4(8,9)10/h11H,1-2H2. The Morgan fingerprint density at radius 3 is 1.21 bits per heavy atom. The molecule has 15 heteroatoms. The fraction of sp³-hybridized carbons (Fsp3) is 1.00. The SMILES string of the molecule is O=S(=O)(NS(=O)(=O)OCC(F)(F)F)OCC(F)(F)F. The zero-order chi connectivity index (χ0) is 15.5. The summed E-state index contributed by atoms with van der Waals surface area (Å²) in [5, 5.41) is 0. The van der Waals surface area contributed by atoms with Gasteiger partial charge in [-0.2, -0.15) is 43.2 Å². The van der Waals surface area contributed by atoms with E-state index in [1.54, 1.807) is 0 Å². The van der Waals surface area contributed by atoms with Gasteiger partial charge in [0.25, 0.3) is 0 Å². The molecule has 0 amide bonds. The summed E-state index contributed by atoms with van der Waals surface area (Å²) in [5.41, 5.74) is 0. The van der Waals surface area contributed by atoms with Crippen molar-refractivity contribution in [2.45, 2.75) is 12.4 Å². The van der Waals surface area contributed by atoms with Gasteiger partial charge < -0.3 is 0 Å². The number of alkyl halides is 6. The van der Waals surface area contributed by atoms with Crippen LogP contribution in [0.5, 0.6) is 0 Å². The molecule has 0 aromatic heterocycles. The molecule has 0 rings (SSSR count). The lowest BCUT2D eigenvalue weighted by molar-refractivity contribution is -0.153. The van der Waals surface area contributed by atoms with Crippen molar-refractivity contribution in [3.05, 3.63) is 0 Å². The van der Waals surface area contributed by atoms with Gasteiger partial charge >= 0.3 is 33.0 Å². The molecule has 7 nitrogen and oxygen atoms in total. The van der Waals surface area contributed by atoms with Crippen LogP contribution in [0.15, 0.2) is 0 Å². The fourth-order valence-electron chi connectivity index (χ4n) is 0.462. The van der Waals surface area contributed by atoms with Crippen LogP contribution in [0.4, 0.5) is 26.3 Å². The van der Waals surface area contributed by atoms with Crippen LogP contribution >= 0.6 is 0 Å². The van der Waals surface area contributed by atoms with Crippen molar-refractivity contribution in [1.29, 1.82) is 0 Å². The molecule has 0 aromatic carbocycles. The zero-order valence-electron chi connectivity index (χ0n) is 8.45. The zero-order valence-corrected chi connectivity index (χ0v) is 10.1. The minimum Gasteiger partial charge on any atom is -0.248 e. The normalized spacial score (nSPS) is 14.6. The van der Waals surface area contributed by atoms with Crippen molar-refractivity contribution in [2.75, 3.05) is 13.2 Å². The number of halogens is 6. The minimum atomic E-state index is -5.49. The third-order valence-electron chi connectivity index (χ3n) is 0.960. The van der Waals surface area contributed by atoms with Crippen LogP contribution in [0, 0.1) is 0 Å². The Balaban J connectivity index is 4.57. The summed E-state index contributed by atoms with van der Waals surface area (Å²) in [7, 11) is -11.0. The first-order valence-electron chi connectivity index (χ1n) is 3.83. The molecule has 0 saturated carbocycles. The van der Waals surface area contributed by atoms with E-state index in [9.17, 15) is 43.2 Å². The number of hydrogen-bond donors (Lipinski definition) is 1. The van der Waals surface area contributed by atoms with Gasteiger partial charge in [-0.3, -0.25) is 0 Å². The van der Waals surface area contributed by atoms with Crippen LogP contribution in [0.25, 0.3) is 0 Å². The van der Waals surface area contributed by atoms with Crippen molar-refractivity contribution in [1.82, 2.24) is 4.13 Å². The highest BCUT2D eigenvalue weighted by atomic mass is 32.3. The first-order valence-corrected chi connectivity index (χ1v) is 6.64. The van der Waals surface area contributed by atoms with Gasteiger partial charge in [-0.15, -0.1) is 0 Å². The second-order valence-corrected chi connectivity index (χ2v) is 5.70. The molecule has 0 heterocycles. The molecule has 0 fully saturated rings. The lowest BCUT2D eigenvalue weighted by Crippen LogP contribution is -2.37. The molecular formula is C4H5F6NO6S2. The van der Waals surface area contributed by atoms with E-state index in [0.29, 0.717) is 4.13 Å². The van der Waals surface area contributed by atoms with Crippen molar-refractivity contribution in [3.63, 3.8) is 0 Å². The Kier molecular flexibility index (Phi) is 5.58. The maximum atomic E-state index is 11.6. The number of rotatable bonds is 6. The predicted octanol–water partition coefficient (Wildman–Crippen LogP) is 0.223. The van der Waals surface area contributed by atoms with Crippen LogP contribution in [0.2, 0.25) is 0 Å². The van der Waals surface area contributed by atoms with Gasteiger partial charge in [0, 0.05) is 0 Å². The smallest absolute Gasteiger partial charge is 0.248 e. The van der Waals surface area contributed by atoms with Crippen molar-refractivity contribution in [3.8, 4) is 0 Å². The highest BCUT2D eigenvalue weighted by Gasteiger charge is 2.35. The number of hydrogen-bond acceptors (Lipinski definition) is 6. The topological polar surface area (TPSA) is 98.8 Å². The fourth-order valence-corrected chi connectivity index (χ4v) is 2.42. The van der Waals surface area contributed by atoms with E-state index >= 15 is 0 Å². The Morgan fingerprint density at radius 1 is 0.737 bits per heavy atom. The quantitative estimate of drug-likeness (QED) is 0.694. The molecule has 0 spiro atoms. The summed E-state index contributed by atoms with van der Waals surface area (Å²) in [6.07, 6.45) is -10.2. The summed E-state index contributed by atoms with van der Waals surface area (Å²) in [6, 6.07) is 0. The van der Waals surface area contributed by atoms with Gasteiger partial charge in [0.2, 0.25) is 0 Å². The highest BCUT2D eigenvalue weighted by molar-refractivity contribution is 8.00. The molecule has 0 aliphatic heterocycles. The second kappa shape index (κ2) is 5.78. The van der Waals surface area contributed by atoms with E-state index in [0.717, 1.165) is 0 Å². The monoisotopic (exact) mass is 341 g/mol.